The molecular formula is C19H20N2OS. The van der Waals surface area contributed by atoms with Crippen molar-refractivity contribution < 1.29 is 4.21 Å². The van der Waals surface area contributed by atoms with Crippen LogP contribution < -0.4 is 5.32 Å². The van der Waals surface area contributed by atoms with E-state index < -0.39 is 10.8 Å². The predicted octanol–water partition coefficient (Wildman–Crippen LogP) is 4.45. The van der Waals surface area contributed by atoms with E-state index in [0.717, 1.165) is 27.0 Å². The van der Waals surface area contributed by atoms with Crippen LogP contribution in [0.2, 0.25) is 0 Å². The molecule has 0 saturated carbocycles. The topological polar surface area (TPSA) is 42.0 Å². The molecule has 0 spiro atoms. The molecule has 4 heteroatoms. The number of nitrogens with zero attached hydrogens (tertiary/aromatic N) is 1. The molecule has 0 unspecified atom stereocenters. The zero-order chi connectivity index (χ0) is 16.4. The molecule has 23 heavy (non-hydrogen) atoms. The van der Waals surface area contributed by atoms with E-state index in [2.05, 4.69) is 42.3 Å². The second-order valence-corrected chi connectivity index (χ2v) is 7.16. The third-order valence-electron chi connectivity index (χ3n) is 3.93. The molecule has 2 aromatic carbocycles. The first kappa shape index (κ1) is 15.7. The lowest BCUT2D eigenvalue weighted by Gasteiger charge is -2.18. The van der Waals surface area contributed by atoms with E-state index in [1.54, 1.807) is 6.26 Å². The van der Waals surface area contributed by atoms with Gasteiger partial charge in [0.25, 0.3) is 0 Å². The minimum Gasteiger partial charge on any atom is -0.377 e. The molecule has 1 heterocycles. The Morgan fingerprint density at radius 3 is 2.57 bits per heavy atom. The quantitative estimate of drug-likeness (QED) is 0.771. The normalized spacial score (nSPS) is 13.7. The Morgan fingerprint density at radius 1 is 1.13 bits per heavy atom. The molecule has 0 aliphatic heterocycles. The summed E-state index contributed by atoms with van der Waals surface area (Å²) >= 11 is 0. The first-order chi connectivity index (χ1) is 11.0. The van der Waals surface area contributed by atoms with E-state index in [1.165, 1.54) is 5.56 Å². The van der Waals surface area contributed by atoms with Gasteiger partial charge in [-0.1, -0.05) is 18.2 Å². The van der Waals surface area contributed by atoms with Crippen molar-refractivity contribution in [1.29, 1.82) is 0 Å². The SMILES string of the molecule is Cc1cc(N[C@@H](C)c2ccc([S@](C)=O)cc2)c2ncccc2c1. The molecule has 0 fully saturated rings. The first-order valence-corrected chi connectivity index (χ1v) is 9.16. The van der Waals surface area contributed by atoms with E-state index >= 15 is 0 Å². The summed E-state index contributed by atoms with van der Waals surface area (Å²) in [6.07, 6.45) is 3.51. The maximum absolute atomic E-state index is 11.5. The van der Waals surface area contributed by atoms with Crippen molar-refractivity contribution in [2.75, 3.05) is 11.6 Å². The molecule has 0 aliphatic rings. The van der Waals surface area contributed by atoms with Crippen molar-refractivity contribution in [2.45, 2.75) is 24.8 Å². The number of pyridine rings is 1. The van der Waals surface area contributed by atoms with Gasteiger partial charge in [-0.05, 0) is 55.3 Å². The van der Waals surface area contributed by atoms with Crippen LogP contribution in [-0.2, 0) is 10.8 Å². The molecular weight excluding hydrogens is 304 g/mol. The second kappa shape index (κ2) is 6.50. The highest BCUT2D eigenvalue weighted by molar-refractivity contribution is 7.84. The number of anilines is 1. The fourth-order valence-corrected chi connectivity index (χ4v) is 3.24. The molecule has 1 N–H and O–H groups in total. The van der Waals surface area contributed by atoms with Gasteiger partial charge in [0.05, 0.1) is 11.2 Å². The van der Waals surface area contributed by atoms with Gasteiger partial charge in [-0.3, -0.25) is 9.19 Å². The minimum absolute atomic E-state index is 0.140. The molecule has 3 rings (SSSR count). The highest BCUT2D eigenvalue weighted by atomic mass is 32.2. The van der Waals surface area contributed by atoms with Crippen molar-refractivity contribution in [2.24, 2.45) is 0 Å². The zero-order valence-corrected chi connectivity index (χ0v) is 14.4. The van der Waals surface area contributed by atoms with E-state index in [-0.39, 0.29) is 6.04 Å². The maximum atomic E-state index is 11.5. The molecule has 0 saturated heterocycles. The summed E-state index contributed by atoms with van der Waals surface area (Å²) in [5.41, 5.74) is 4.38. The van der Waals surface area contributed by atoms with Gasteiger partial charge in [0, 0.05) is 39.6 Å². The van der Waals surface area contributed by atoms with Gasteiger partial charge in [0.15, 0.2) is 0 Å². The predicted molar refractivity (Wildman–Crippen MR) is 97.3 cm³/mol. The number of hydrogen-bond acceptors (Lipinski definition) is 3. The van der Waals surface area contributed by atoms with Gasteiger partial charge in [-0.25, -0.2) is 0 Å². The summed E-state index contributed by atoms with van der Waals surface area (Å²) in [4.78, 5) is 5.35. The molecule has 2 atom stereocenters. The Morgan fingerprint density at radius 2 is 1.87 bits per heavy atom. The van der Waals surface area contributed by atoms with Crippen LogP contribution in [0.15, 0.2) is 59.6 Å². The van der Waals surface area contributed by atoms with Gasteiger partial charge in [0.2, 0.25) is 0 Å². The average molecular weight is 324 g/mol. The van der Waals surface area contributed by atoms with E-state index in [4.69, 9.17) is 0 Å². The van der Waals surface area contributed by atoms with E-state index in [1.807, 2.05) is 36.5 Å². The van der Waals surface area contributed by atoms with Crippen molar-refractivity contribution in [3.63, 3.8) is 0 Å². The maximum Gasteiger partial charge on any atom is 0.0933 e. The largest absolute Gasteiger partial charge is 0.377 e. The molecule has 0 amide bonds. The third kappa shape index (κ3) is 3.42. The standard InChI is InChI=1S/C19H20N2OS/c1-13-11-16-5-4-10-20-19(16)18(12-13)21-14(2)15-6-8-17(9-7-15)23(3)22/h4-12,14,21H,1-3H3/t14-,23-/m0/s1. The van der Waals surface area contributed by atoms with E-state index in [9.17, 15) is 4.21 Å². The highest BCUT2D eigenvalue weighted by Gasteiger charge is 2.10. The van der Waals surface area contributed by atoms with Crippen LogP contribution in [-0.4, -0.2) is 15.4 Å². The molecule has 118 valence electrons. The van der Waals surface area contributed by atoms with Crippen LogP contribution in [0.25, 0.3) is 10.9 Å². The number of hydrogen-bond donors (Lipinski definition) is 1. The Balaban J connectivity index is 1.90. The molecule has 3 nitrogen and oxygen atoms in total. The van der Waals surface area contributed by atoms with Crippen molar-refractivity contribution in [1.82, 2.24) is 4.98 Å². The fraction of sp³-hybridized carbons (Fsp3) is 0.211. The minimum atomic E-state index is -0.940. The van der Waals surface area contributed by atoms with Crippen LogP contribution in [0.1, 0.15) is 24.1 Å². The number of nitrogens with one attached hydrogen (secondary N) is 1. The van der Waals surface area contributed by atoms with Crippen LogP contribution in [0.3, 0.4) is 0 Å². The van der Waals surface area contributed by atoms with E-state index in [0.29, 0.717) is 0 Å². The Bertz CT molecular complexity index is 859. The number of rotatable bonds is 4. The van der Waals surface area contributed by atoms with Crippen LogP contribution in [0.4, 0.5) is 5.69 Å². The van der Waals surface area contributed by atoms with Crippen molar-refractivity contribution in [3.8, 4) is 0 Å². The highest BCUT2D eigenvalue weighted by Crippen LogP contribution is 2.27. The Kier molecular flexibility index (Phi) is 4.44. The van der Waals surface area contributed by atoms with Crippen LogP contribution in [0, 0.1) is 6.92 Å². The number of aromatic nitrogens is 1. The zero-order valence-electron chi connectivity index (χ0n) is 13.5. The lowest BCUT2D eigenvalue weighted by Crippen LogP contribution is -2.07. The second-order valence-electron chi connectivity index (χ2n) is 5.78. The van der Waals surface area contributed by atoms with Crippen molar-refractivity contribution >= 4 is 27.4 Å². The molecule has 3 aromatic rings. The summed E-state index contributed by atoms with van der Waals surface area (Å²) in [6.45, 7) is 4.21. The third-order valence-corrected chi connectivity index (χ3v) is 4.87. The smallest absolute Gasteiger partial charge is 0.0933 e. The van der Waals surface area contributed by atoms with Gasteiger partial charge in [-0.15, -0.1) is 0 Å². The van der Waals surface area contributed by atoms with Crippen molar-refractivity contribution in [3.05, 3.63) is 65.9 Å². The van der Waals surface area contributed by atoms with Crippen LogP contribution >= 0.6 is 0 Å². The van der Waals surface area contributed by atoms with Crippen LogP contribution in [0.5, 0.6) is 0 Å². The number of benzene rings is 2. The first-order valence-electron chi connectivity index (χ1n) is 7.60. The fourth-order valence-electron chi connectivity index (χ4n) is 2.72. The Hall–Kier alpha value is -2.20. The number of fused-ring (bicyclic) bond motifs is 1. The Labute approximate surface area is 139 Å². The van der Waals surface area contributed by atoms with Gasteiger partial charge in [-0.2, -0.15) is 0 Å². The monoisotopic (exact) mass is 324 g/mol. The summed E-state index contributed by atoms with van der Waals surface area (Å²) in [6, 6.07) is 16.4. The molecule has 0 radical (unpaired) electrons. The molecule has 0 bridgehead atoms. The summed E-state index contributed by atoms with van der Waals surface area (Å²) in [5, 5.41) is 4.69. The summed E-state index contributed by atoms with van der Waals surface area (Å²) < 4.78 is 11.5. The lowest BCUT2D eigenvalue weighted by atomic mass is 10.1. The lowest BCUT2D eigenvalue weighted by molar-refractivity contribution is 0.686. The molecule has 1 aromatic heterocycles. The van der Waals surface area contributed by atoms with Gasteiger partial charge >= 0.3 is 0 Å². The van der Waals surface area contributed by atoms with Gasteiger partial charge in [0.1, 0.15) is 0 Å². The number of aryl methyl sites for hydroxylation is 1. The van der Waals surface area contributed by atoms with Gasteiger partial charge < -0.3 is 5.32 Å². The average Bonchev–Trinajstić information content (AvgIpc) is 2.54. The summed E-state index contributed by atoms with van der Waals surface area (Å²) in [7, 11) is -0.940. The molecule has 0 aliphatic carbocycles. The summed E-state index contributed by atoms with van der Waals surface area (Å²) in [5.74, 6) is 0.